The highest BCUT2D eigenvalue weighted by Gasteiger charge is 2.51. The van der Waals surface area contributed by atoms with E-state index < -0.39 is 0 Å². The van der Waals surface area contributed by atoms with Gasteiger partial charge < -0.3 is 9.32 Å². The number of aryl methyl sites for hydroxylation is 1. The Labute approximate surface area is 110 Å². The molecule has 2 amide bonds. The number of anilines is 1. The summed E-state index contributed by atoms with van der Waals surface area (Å²) in [6.45, 7) is 3.00. The Bertz CT molecular complexity index is 503. The summed E-state index contributed by atoms with van der Waals surface area (Å²) in [6.07, 6.45) is 1.68. The molecule has 7 heteroatoms. The molecule has 2 aliphatic rings. The van der Waals surface area contributed by atoms with Crippen LogP contribution < -0.4 is 4.90 Å². The van der Waals surface area contributed by atoms with Crippen molar-refractivity contribution in [3.05, 3.63) is 5.89 Å². The number of likely N-dealkylation sites (tertiary alicyclic amines) is 1. The highest BCUT2D eigenvalue weighted by Crippen LogP contribution is 2.34. The predicted molar refractivity (Wildman–Crippen MR) is 65.3 cm³/mol. The van der Waals surface area contributed by atoms with Crippen molar-refractivity contribution in [1.82, 2.24) is 15.1 Å². The van der Waals surface area contributed by atoms with Gasteiger partial charge in [0, 0.05) is 26.6 Å². The lowest BCUT2D eigenvalue weighted by atomic mass is 10.00. The molecule has 0 spiro atoms. The van der Waals surface area contributed by atoms with Gasteiger partial charge in [0.05, 0.1) is 11.8 Å². The summed E-state index contributed by atoms with van der Waals surface area (Å²) in [5.74, 6) is -0.140. The molecule has 3 heterocycles. The van der Waals surface area contributed by atoms with E-state index in [0.717, 1.165) is 12.8 Å². The monoisotopic (exact) mass is 264 g/mol. The van der Waals surface area contributed by atoms with Gasteiger partial charge in [-0.25, -0.2) is 0 Å². The summed E-state index contributed by atoms with van der Waals surface area (Å²) >= 11 is 0. The predicted octanol–water partition coefficient (Wildman–Crippen LogP) is 0.0731. The Morgan fingerprint density at radius 1 is 1.21 bits per heavy atom. The molecule has 2 fully saturated rings. The van der Waals surface area contributed by atoms with E-state index in [1.807, 2.05) is 11.8 Å². The summed E-state index contributed by atoms with van der Waals surface area (Å²) < 4.78 is 5.54. The SMILES string of the molecule is CCCc1nnc(N2C[C@@H]3C(=O)N(C)C(=O)[C@@H]3C2)o1. The van der Waals surface area contributed by atoms with Crippen LogP contribution in [0.5, 0.6) is 0 Å². The Morgan fingerprint density at radius 3 is 2.42 bits per heavy atom. The maximum Gasteiger partial charge on any atom is 0.318 e. The number of fused-ring (bicyclic) bond motifs is 1. The lowest BCUT2D eigenvalue weighted by Gasteiger charge is -2.15. The zero-order valence-electron chi connectivity index (χ0n) is 11.0. The number of carbonyl (C=O) groups excluding carboxylic acids is 2. The minimum atomic E-state index is -0.265. The summed E-state index contributed by atoms with van der Waals surface area (Å²) in [5.41, 5.74) is 0. The van der Waals surface area contributed by atoms with Crippen molar-refractivity contribution in [2.24, 2.45) is 11.8 Å². The van der Waals surface area contributed by atoms with Crippen LogP contribution in [-0.4, -0.2) is 47.0 Å². The van der Waals surface area contributed by atoms with E-state index in [2.05, 4.69) is 10.2 Å². The van der Waals surface area contributed by atoms with Crippen LogP contribution in [-0.2, 0) is 16.0 Å². The van der Waals surface area contributed by atoms with Gasteiger partial charge in [-0.3, -0.25) is 14.5 Å². The Balaban J connectivity index is 1.76. The van der Waals surface area contributed by atoms with E-state index in [4.69, 9.17) is 4.42 Å². The Hall–Kier alpha value is -1.92. The van der Waals surface area contributed by atoms with Crippen LogP contribution in [0.15, 0.2) is 4.42 Å². The van der Waals surface area contributed by atoms with E-state index in [1.165, 1.54) is 4.90 Å². The topological polar surface area (TPSA) is 79.5 Å². The molecule has 0 aliphatic carbocycles. The smallest absolute Gasteiger partial charge is 0.318 e. The third-order valence-corrected chi connectivity index (χ3v) is 3.81. The van der Waals surface area contributed by atoms with Gasteiger partial charge >= 0.3 is 6.01 Å². The summed E-state index contributed by atoms with van der Waals surface area (Å²) in [5, 5.41) is 7.95. The van der Waals surface area contributed by atoms with Gasteiger partial charge in [0.15, 0.2) is 0 Å². The van der Waals surface area contributed by atoms with E-state index in [-0.39, 0.29) is 23.7 Å². The van der Waals surface area contributed by atoms with Gasteiger partial charge in [0.1, 0.15) is 0 Å². The second-order valence-corrected chi connectivity index (χ2v) is 5.08. The lowest BCUT2D eigenvalue weighted by Crippen LogP contribution is -2.33. The van der Waals surface area contributed by atoms with Crippen LogP contribution in [0.4, 0.5) is 6.01 Å². The molecule has 1 aromatic heterocycles. The van der Waals surface area contributed by atoms with Crippen LogP contribution in [0, 0.1) is 11.8 Å². The largest absolute Gasteiger partial charge is 0.408 e. The number of carbonyl (C=O) groups is 2. The molecule has 0 N–H and O–H groups in total. The van der Waals surface area contributed by atoms with Gasteiger partial charge in [-0.05, 0) is 6.42 Å². The first-order valence-corrected chi connectivity index (χ1v) is 6.50. The van der Waals surface area contributed by atoms with Crippen molar-refractivity contribution in [2.75, 3.05) is 25.0 Å². The first-order chi connectivity index (χ1) is 9.11. The number of aromatic nitrogens is 2. The fourth-order valence-corrected chi connectivity index (χ4v) is 2.75. The average molecular weight is 264 g/mol. The van der Waals surface area contributed by atoms with Gasteiger partial charge in [-0.15, -0.1) is 5.10 Å². The molecule has 0 bridgehead atoms. The maximum absolute atomic E-state index is 11.9. The van der Waals surface area contributed by atoms with E-state index in [0.29, 0.717) is 25.0 Å². The summed E-state index contributed by atoms with van der Waals surface area (Å²) in [6, 6.07) is 0.418. The number of hydrogen-bond acceptors (Lipinski definition) is 6. The van der Waals surface area contributed by atoms with Gasteiger partial charge in [0.25, 0.3) is 0 Å². The van der Waals surface area contributed by atoms with Crippen LogP contribution >= 0.6 is 0 Å². The number of rotatable bonds is 3. The number of imide groups is 1. The average Bonchev–Trinajstić information content (AvgIpc) is 3.06. The van der Waals surface area contributed by atoms with Gasteiger partial charge in [-0.2, -0.15) is 0 Å². The number of nitrogens with zero attached hydrogens (tertiary/aromatic N) is 4. The molecule has 2 atom stereocenters. The molecule has 1 aromatic rings. The van der Waals surface area contributed by atoms with Gasteiger partial charge in [0.2, 0.25) is 17.7 Å². The molecule has 0 aromatic carbocycles. The highest BCUT2D eigenvalue weighted by atomic mass is 16.4. The first kappa shape index (κ1) is 12.1. The summed E-state index contributed by atoms with van der Waals surface area (Å²) in [4.78, 5) is 26.8. The third-order valence-electron chi connectivity index (χ3n) is 3.81. The lowest BCUT2D eigenvalue weighted by molar-refractivity contribution is -0.138. The molecule has 0 unspecified atom stereocenters. The van der Waals surface area contributed by atoms with Crippen molar-refractivity contribution in [3.63, 3.8) is 0 Å². The normalized spacial score (nSPS) is 26.4. The second-order valence-electron chi connectivity index (χ2n) is 5.08. The first-order valence-electron chi connectivity index (χ1n) is 6.50. The zero-order valence-corrected chi connectivity index (χ0v) is 11.0. The Morgan fingerprint density at radius 2 is 1.84 bits per heavy atom. The van der Waals surface area contributed by atoms with Crippen LogP contribution in [0.2, 0.25) is 0 Å². The van der Waals surface area contributed by atoms with E-state index in [1.54, 1.807) is 7.05 Å². The van der Waals surface area contributed by atoms with Crippen molar-refractivity contribution in [1.29, 1.82) is 0 Å². The van der Waals surface area contributed by atoms with Crippen molar-refractivity contribution in [3.8, 4) is 0 Å². The molecule has 7 nitrogen and oxygen atoms in total. The molecule has 0 saturated carbocycles. The second kappa shape index (κ2) is 4.32. The summed E-state index contributed by atoms with van der Waals surface area (Å²) in [7, 11) is 1.54. The van der Waals surface area contributed by atoms with Crippen molar-refractivity contribution in [2.45, 2.75) is 19.8 Å². The molecule has 2 saturated heterocycles. The van der Waals surface area contributed by atoms with E-state index >= 15 is 0 Å². The quantitative estimate of drug-likeness (QED) is 0.719. The molecule has 102 valence electrons. The number of amides is 2. The fraction of sp³-hybridized carbons (Fsp3) is 0.667. The zero-order chi connectivity index (χ0) is 13.6. The standard InChI is InChI=1S/C12H16N4O3/c1-3-4-9-13-14-12(19-9)16-5-7-8(6-16)11(18)15(2)10(7)17/h7-8H,3-6H2,1-2H3/t7-,8+. The van der Waals surface area contributed by atoms with Gasteiger partial charge in [-0.1, -0.05) is 12.0 Å². The molecule has 19 heavy (non-hydrogen) atoms. The third kappa shape index (κ3) is 1.80. The molecule has 0 radical (unpaired) electrons. The van der Waals surface area contributed by atoms with E-state index in [9.17, 15) is 9.59 Å². The molecular weight excluding hydrogens is 248 g/mol. The minimum absolute atomic E-state index is 0.106. The molecule has 3 rings (SSSR count). The molecular formula is C12H16N4O3. The highest BCUT2D eigenvalue weighted by molar-refractivity contribution is 6.06. The van der Waals surface area contributed by atoms with Crippen molar-refractivity contribution < 1.29 is 14.0 Å². The van der Waals surface area contributed by atoms with Crippen molar-refractivity contribution >= 4 is 17.8 Å². The van der Waals surface area contributed by atoms with Crippen LogP contribution in [0.25, 0.3) is 0 Å². The minimum Gasteiger partial charge on any atom is -0.408 e. The fourth-order valence-electron chi connectivity index (χ4n) is 2.75. The van der Waals surface area contributed by atoms with Crippen LogP contribution in [0.3, 0.4) is 0 Å². The molecule has 2 aliphatic heterocycles. The number of hydrogen-bond donors (Lipinski definition) is 0. The van der Waals surface area contributed by atoms with Crippen LogP contribution in [0.1, 0.15) is 19.2 Å². The maximum atomic E-state index is 11.9. The Kier molecular flexibility index (Phi) is 2.76.